The Balaban J connectivity index is 1.98. The fraction of sp³-hybridized carbons (Fsp3) is 0.400. The van der Waals surface area contributed by atoms with Crippen LogP contribution >= 0.6 is 0 Å². The molecule has 2 rings (SSSR count). The van der Waals surface area contributed by atoms with Crippen molar-refractivity contribution >= 4 is 27.6 Å². The molecule has 2 atom stereocenters. The lowest BCUT2D eigenvalue weighted by molar-refractivity contribution is -0.142. The van der Waals surface area contributed by atoms with E-state index in [1.54, 1.807) is 18.2 Å². The van der Waals surface area contributed by atoms with Crippen LogP contribution < -0.4 is 10.6 Å². The Bertz CT molecular complexity index is 732. The summed E-state index contributed by atoms with van der Waals surface area (Å²) in [5.74, 6) is -2.62. The van der Waals surface area contributed by atoms with E-state index >= 15 is 0 Å². The van der Waals surface area contributed by atoms with Crippen molar-refractivity contribution in [2.45, 2.75) is 36.2 Å². The van der Waals surface area contributed by atoms with Gasteiger partial charge in [0, 0.05) is 6.42 Å². The van der Waals surface area contributed by atoms with Crippen molar-refractivity contribution in [3.8, 4) is 0 Å². The molecule has 3 N–H and O–H groups in total. The van der Waals surface area contributed by atoms with Crippen molar-refractivity contribution in [2.24, 2.45) is 0 Å². The predicted octanol–water partition coefficient (Wildman–Crippen LogP) is -0.302. The quantitative estimate of drug-likeness (QED) is 0.616. The van der Waals surface area contributed by atoms with Gasteiger partial charge in [-0.1, -0.05) is 18.2 Å². The zero-order valence-electron chi connectivity index (χ0n) is 12.8. The average Bonchev–Trinajstić information content (AvgIpc) is 2.98. The third kappa shape index (κ3) is 4.54. The van der Waals surface area contributed by atoms with Crippen LogP contribution in [0, 0.1) is 0 Å². The number of nitrogens with one attached hydrogen (secondary N) is 2. The molecule has 0 unspecified atom stereocenters. The molecule has 0 radical (unpaired) electrons. The molecule has 2 amide bonds. The summed E-state index contributed by atoms with van der Waals surface area (Å²) in [5, 5.41) is 13.9. The summed E-state index contributed by atoms with van der Waals surface area (Å²) < 4.78 is 24.4. The van der Waals surface area contributed by atoms with Gasteiger partial charge in [-0.3, -0.25) is 9.59 Å². The molecule has 1 aliphatic rings. The van der Waals surface area contributed by atoms with Gasteiger partial charge in [-0.15, -0.1) is 0 Å². The lowest BCUT2D eigenvalue weighted by atomic mass is 10.1. The molecule has 0 aromatic heterocycles. The van der Waals surface area contributed by atoms with E-state index in [-0.39, 0.29) is 23.6 Å². The van der Waals surface area contributed by atoms with E-state index in [0.29, 0.717) is 6.42 Å². The lowest BCUT2D eigenvalue weighted by Gasteiger charge is -2.17. The number of carbonyl (C=O) groups excluding carboxylic acids is 2. The van der Waals surface area contributed by atoms with Crippen molar-refractivity contribution in [3.05, 3.63) is 30.3 Å². The van der Waals surface area contributed by atoms with Crippen LogP contribution in [-0.4, -0.2) is 49.1 Å². The smallest absolute Gasteiger partial charge is 0.326 e. The second-order valence-electron chi connectivity index (χ2n) is 5.48. The first kappa shape index (κ1) is 17.9. The van der Waals surface area contributed by atoms with Gasteiger partial charge in [0.25, 0.3) is 0 Å². The topological polar surface area (TPSA) is 130 Å². The van der Waals surface area contributed by atoms with E-state index in [0.717, 1.165) is 0 Å². The number of carboxylic acid groups (broad SMARTS) is 1. The molecule has 130 valence electrons. The highest BCUT2D eigenvalue weighted by Crippen LogP contribution is 2.13. The van der Waals surface area contributed by atoms with Gasteiger partial charge in [0.2, 0.25) is 11.8 Å². The van der Waals surface area contributed by atoms with Crippen molar-refractivity contribution in [1.82, 2.24) is 10.6 Å². The van der Waals surface area contributed by atoms with E-state index in [1.807, 2.05) is 0 Å². The zero-order valence-corrected chi connectivity index (χ0v) is 13.6. The first-order valence-electron chi connectivity index (χ1n) is 7.40. The number of rotatable bonds is 7. The van der Waals surface area contributed by atoms with Gasteiger partial charge in [0.15, 0.2) is 9.84 Å². The van der Waals surface area contributed by atoms with Crippen molar-refractivity contribution < 1.29 is 27.9 Å². The summed E-state index contributed by atoms with van der Waals surface area (Å²) in [7, 11) is -3.64. The minimum Gasteiger partial charge on any atom is -0.480 e. The van der Waals surface area contributed by atoms with Crippen LogP contribution in [0.1, 0.15) is 19.3 Å². The molecule has 0 aliphatic carbocycles. The summed E-state index contributed by atoms with van der Waals surface area (Å²) in [5.41, 5.74) is 0. The molecule has 1 aromatic carbocycles. The highest BCUT2D eigenvalue weighted by atomic mass is 32.2. The molecule has 0 saturated carbocycles. The molecule has 1 aromatic rings. The maximum Gasteiger partial charge on any atom is 0.326 e. The van der Waals surface area contributed by atoms with E-state index < -0.39 is 39.6 Å². The Hall–Kier alpha value is -2.42. The van der Waals surface area contributed by atoms with E-state index in [2.05, 4.69) is 10.6 Å². The van der Waals surface area contributed by atoms with Crippen LogP contribution in [0.2, 0.25) is 0 Å². The van der Waals surface area contributed by atoms with Gasteiger partial charge in [-0.25, -0.2) is 13.2 Å². The molecule has 0 bridgehead atoms. The monoisotopic (exact) mass is 354 g/mol. The normalized spacial score (nSPS) is 18.7. The van der Waals surface area contributed by atoms with Gasteiger partial charge in [-0.2, -0.15) is 0 Å². The SMILES string of the molecule is O=C1CC[C@@H](C(=O)N[C@H](CCS(=O)(=O)c2ccccc2)C(=O)O)N1. The Labute approximate surface area is 139 Å². The molecule has 1 fully saturated rings. The van der Waals surface area contributed by atoms with Crippen LogP contribution in [0.3, 0.4) is 0 Å². The molecule has 1 aliphatic heterocycles. The predicted molar refractivity (Wildman–Crippen MR) is 83.8 cm³/mol. The van der Waals surface area contributed by atoms with Gasteiger partial charge in [0.05, 0.1) is 10.6 Å². The van der Waals surface area contributed by atoms with E-state index in [9.17, 15) is 27.9 Å². The van der Waals surface area contributed by atoms with Gasteiger partial charge < -0.3 is 15.7 Å². The van der Waals surface area contributed by atoms with E-state index in [1.165, 1.54) is 12.1 Å². The number of carbonyl (C=O) groups is 3. The Morgan fingerprint density at radius 2 is 1.96 bits per heavy atom. The number of hydrogen-bond acceptors (Lipinski definition) is 5. The number of hydrogen-bond donors (Lipinski definition) is 3. The van der Waals surface area contributed by atoms with Crippen LogP contribution in [0.4, 0.5) is 0 Å². The first-order chi connectivity index (χ1) is 11.3. The van der Waals surface area contributed by atoms with Crippen molar-refractivity contribution in [1.29, 1.82) is 0 Å². The lowest BCUT2D eigenvalue weighted by Crippen LogP contribution is -2.49. The molecular weight excluding hydrogens is 336 g/mol. The summed E-state index contributed by atoms with van der Waals surface area (Å²) in [6.45, 7) is 0. The summed E-state index contributed by atoms with van der Waals surface area (Å²) in [6.07, 6.45) is 0.233. The number of sulfone groups is 1. The minimum absolute atomic E-state index is 0.100. The number of aliphatic carboxylic acids is 1. The molecule has 1 saturated heterocycles. The maximum absolute atomic E-state index is 12.2. The van der Waals surface area contributed by atoms with Crippen molar-refractivity contribution in [3.63, 3.8) is 0 Å². The largest absolute Gasteiger partial charge is 0.480 e. The highest BCUT2D eigenvalue weighted by Gasteiger charge is 2.31. The fourth-order valence-electron chi connectivity index (χ4n) is 2.36. The first-order valence-corrected chi connectivity index (χ1v) is 9.05. The molecule has 0 spiro atoms. The highest BCUT2D eigenvalue weighted by molar-refractivity contribution is 7.91. The second-order valence-corrected chi connectivity index (χ2v) is 7.59. The summed E-state index contributed by atoms with van der Waals surface area (Å²) in [4.78, 5) is 34.4. The number of amides is 2. The minimum atomic E-state index is -3.64. The Morgan fingerprint density at radius 1 is 1.29 bits per heavy atom. The fourth-order valence-corrected chi connectivity index (χ4v) is 3.71. The van der Waals surface area contributed by atoms with Gasteiger partial charge in [-0.05, 0) is 25.0 Å². The molecule has 8 nitrogen and oxygen atoms in total. The standard InChI is InChI=1S/C15H18N2O6S/c18-13-7-6-11(16-13)14(19)17-12(15(20)21)8-9-24(22,23)10-4-2-1-3-5-10/h1-5,11-12H,6-9H2,(H,16,18)(H,17,19)(H,20,21)/t11-,12+/m0/s1. The average molecular weight is 354 g/mol. The van der Waals surface area contributed by atoms with Gasteiger partial charge >= 0.3 is 5.97 Å². The van der Waals surface area contributed by atoms with Crippen molar-refractivity contribution in [2.75, 3.05) is 5.75 Å². The van der Waals surface area contributed by atoms with Gasteiger partial charge in [0.1, 0.15) is 12.1 Å². The van der Waals surface area contributed by atoms with Crippen LogP contribution in [0.25, 0.3) is 0 Å². The molecule has 9 heteroatoms. The molecule has 1 heterocycles. The zero-order chi connectivity index (χ0) is 17.7. The van der Waals surface area contributed by atoms with Crippen LogP contribution in [0.15, 0.2) is 35.2 Å². The van der Waals surface area contributed by atoms with Crippen LogP contribution in [0.5, 0.6) is 0 Å². The Kier molecular flexibility index (Phi) is 5.55. The maximum atomic E-state index is 12.2. The third-order valence-corrected chi connectivity index (χ3v) is 5.47. The summed E-state index contributed by atoms with van der Waals surface area (Å²) >= 11 is 0. The molecular formula is C15H18N2O6S. The number of benzene rings is 1. The third-order valence-electron chi connectivity index (χ3n) is 3.70. The van der Waals surface area contributed by atoms with E-state index in [4.69, 9.17) is 0 Å². The Morgan fingerprint density at radius 3 is 2.50 bits per heavy atom. The molecule has 24 heavy (non-hydrogen) atoms. The summed E-state index contributed by atoms with van der Waals surface area (Å²) in [6, 6.07) is 5.57. The second kappa shape index (κ2) is 7.43. The number of carboxylic acids is 1. The van der Waals surface area contributed by atoms with Crippen LogP contribution in [-0.2, 0) is 24.2 Å².